The molecule has 2 fully saturated rings. The second-order valence-electron chi connectivity index (χ2n) is 11.2. The van der Waals surface area contributed by atoms with E-state index in [0.29, 0.717) is 48.3 Å². The van der Waals surface area contributed by atoms with Crippen molar-refractivity contribution in [3.05, 3.63) is 52.3 Å². The highest BCUT2D eigenvalue weighted by atomic mass is 32.1. The lowest BCUT2D eigenvalue weighted by Crippen LogP contribution is -2.46. The first kappa shape index (κ1) is 25.9. The maximum atomic E-state index is 13.5. The molecule has 3 aromatic rings. The lowest BCUT2D eigenvalue weighted by atomic mass is 9.89. The third-order valence-corrected chi connectivity index (χ3v) is 9.47. The van der Waals surface area contributed by atoms with Crippen LogP contribution in [0, 0.1) is 5.92 Å². The fourth-order valence-corrected chi connectivity index (χ4v) is 7.10. The summed E-state index contributed by atoms with van der Waals surface area (Å²) in [5, 5.41) is 6.67. The highest BCUT2D eigenvalue weighted by Crippen LogP contribution is 2.38. The molecule has 0 spiro atoms. The van der Waals surface area contributed by atoms with E-state index in [1.54, 1.807) is 22.3 Å². The van der Waals surface area contributed by atoms with Crippen molar-refractivity contribution in [3.8, 4) is 0 Å². The van der Waals surface area contributed by atoms with Gasteiger partial charge in [-0.2, -0.15) is 0 Å². The average Bonchev–Trinajstić information content (AvgIpc) is 3.37. The zero-order valence-corrected chi connectivity index (χ0v) is 23.2. The number of nitrogens with one attached hydrogen (secondary N) is 2. The van der Waals surface area contributed by atoms with Crippen LogP contribution in [0.3, 0.4) is 0 Å². The largest absolute Gasteiger partial charge is 0.352 e. The van der Waals surface area contributed by atoms with Gasteiger partial charge in [-0.25, -0.2) is 4.98 Å². The van der Waals surface area contributed by atoms with Gasteiger partial charge in [0.2, 0.25) is 0 Å². The number of rotatable bonds is 3. The normalized spacial score (nSPS) is 22.4. The van der Waals surface area contributed by atoms with E-state index in [-0.39, 0.29) is 11.9 Å². The number of nitrogens with zero attached hydrogens (tertiary/aromatic N) is 4. The lowest BCUT2D eigenvalue weighted by Gasteiger charge is -2.38. The zero-order valence-electron chi connectivity index (χ0n) is 22.4. The molecule has 0 saturated carbocycles. The first-order chi connectivity index (χ1) is 18.9. The minimum Gasteiger partial charge on any atom is -0.352 e. The molecule has 3 aliphatic rings. The molecule has 0 radical (unpaired) electrons. The van der Waals surface area contributed by atoms with Crippen molar-refractivity contribution in [1.82, 2.24) is 25.1 Å². The number of hydrogen-bond acceptors (Lipinski definition) is 7. The van der Waals surface area contributed by atoms with Crippen molar-refractivity contribution in [2.45, 2.75) is 51.0 Å². The van der Waals surface area contributed by atoms with Gasteiger partial charge in [0, 0.05) is 25.4 Å². The maximum absolute atomic E-state index is 13.5. The highest BCUT2D eigenvalue weighted by Gasteiger charge is 2.35. The van der Waals surface area contributed by atoms with Gasteiger partial charge < -0.3 is 20.4 Å². The van der Waals surface area contributed by atoms with Gasteiger partial charge in [0.25, 0.3) is 5.91 Å². The minimum atomic E-state index is -0.716. The maximum Gasteiger partial charge on any atom is 0.313 e. The van der Waals surface area contributed by atoms with Crippen molar-refractivity contribution >= 4 is 45.0 Å². The van der Waals surface area contributed by atoms with Crippen molar-refractivity contribution < 1.29 is 14.4 Å². The second kappa shape index (κ2) is 10.7. The standard InChI is InChI=1S/C29H34N6O3S/c1-17-3-5-24(19-4-6-25-23(13-19)33-28(39-25)18-8-11-34(2)12-9-18)35(16-17)29(38)27(37)32-20-14-21-22(31-15-20)7-10-30-26(21)36/h4,6,13-15,17-18,24H,3,5,7-12,16H2,1-2H3,(H,30,36)(H,32,37)/t17-,24+/m0/s1. The molecule has 3 aliphatic heterocycles. The van der Waals surface area contributed by atoms with Crippen LogP contribution in [-0.2, 0) is 16.0 Å². The Morgan fingerprint density at radius 3 is 2.77 bits per heavy atom. The number of carbonyl (C=O) groups excluding carboxylic acids is 3. The molecule has 5 heterocycles. The van der Waals surface area contributed by atoms with E-state index >= 15 is 0 Å². The second-order valence-corrected chi connectivity index (χ2v) is 12.3. The van der Waals surface area contributed by atoms with Crippen LogP contribution in [0.1, 0.15) is 71.2 Å². The van der Waals surface area contributed by atoms with Gasteiger partial charge in [-0.15, -0.1) is 11.3 Å². The number of fused-ring (bicyclic) bond motifs is 2. The van der Waals surface area contributed by atoms with Gasteiger partial charge in [-0.3, -0.25) is 19.4 Å². The molecule has 2 atom stereocenters. The molecule has 1 aromatic carbocycles. The van der Waals surface area contributed by atoms with Crippen LogP contribution in [0.4, 0.5) is 5.69 Å². The summed E-state index contributed by atoms with van der Waals surface area (Å²) in [6.07, 6.45) is 6.19. The van der Waals surface area contributed by atoms with E-state index < -0.39 is 11.8 Å². The van der Waals surface area contributed by atoms with Crippen molar-refractivity contribution in [1.29, 1.82) is 0 Å². The number of piperidine rings is 2. The van der Waals surface area contributed by atoms with Gasteiger partial charge >= 0.3 is 11.8 Å². The SMILES string of the molecule is C[C@H]1CC[C@H](c2ccc3sc(C4CCN(C)CC4)nc3c2)N(C(=O)C(=O)Nc2cnc3c(c2)C(=O)NCC3)C1. The summed E-state index contributed by atoms with van der Waals surface area (Å²) in [6.45, 7) is 5.36. The zero-order chi connectivity index (χ0) is 27.1. The summed E-state index contributed by atoms with van der Waals surface area (Å²) in [5.41, 5.74) is 3.47. The number of carbonyl (C=O) groups is 3. The fraction of sp³-hybridized carbons (Fsp3) is 0.483. The molecular formula is C29H34N6O3S. The smallest absolute Gasteiger partial charge is 0.313 e. The Kier molecular flexibility index (Phi) is 7.07. The van der Waals surface area contributed by atoms with Crippen LogP contribution < -0.4 is 10.6 Å². The summed E-state index contributed by atoms with van der Waals surface area (Å²) in [6, 6.07) is 7.71. The van der Waals surface area contributed by atoms with Gasteiger partial charge in [0.05, 0.1) is 44.4 Å². The van der Waals surface area contributed by atoms with E-state index in [1.165, 1.54) is 11.2 Å². The molecular weight excluding hydrogens is 512 g/mol. The molecule has 10 heteroatoms. The van der Waals surface area contributed by atoms with E-state index in [2.05, 4.69) is 52.7 Å². The van der Waals surface area contributed by atoms with Crippen LogP contribution in [-0.4, -0.2) is 70.7 Å². The predicted molar refractivity (Wildman–Crippen MR) is 151 cm³/mol. The van der Waals surface area contributed by atoms with Crippen molar-refractivity contribution in [2.24, 2.45) is 5.92 Å². The molecule has 2 aromatic heterocycles. The van der Waals surface area contributed by atoms with Gasteiger partial charge in [0.1, 0.15) is 0 Å². The molecule has 2 N–H and O–H groups in total. The Labute approximate surface area is 232 Å². The topological polar surface area (TPSA) is 108 Å². The number of amides is 3. The van der Waals surface area contributed by atoms with Crippen molar-refractivity contribution in [3.63, 3.8) is 0 Å². The Hall–Kier alpha value is -3.37. The van der Waals surface area contributed by atoms with Crippen LogP contribution in [0.5, 0.6) is 0 Å². The lowest BCUT2D eigenvalue weighted by molar-refractivity contribution is -0.146. The summed E-state index contributed by atoms with van der Waals surface area (Å²) in [7, 11) is 2.17. The highest BCUT2D eigenvalue weighted by molar-refractivity contribution is 7.18. The minimum absolute atomic E-state index is 0.190. The van der Waals surface area contributed by atoms with Crippen LogP contribution >= 0.6 is 11.3 Å². The molecule has 9 nitrogen and oxygen atoms in total. The molecule has 0 bridgehead atoms. The summed E-state index contributed by atoms with van der Waals surface area (Å²) in [5.74, 6) is -0.701. The molecule has 39 heavy (non-hydrogen) atoms. The van der Waals surface area contributed by atoms with E-state index in [0.717, 1.165) is 54.6 Å². The average molecular weight is 547 g/mol. The Morgan fingerprint density at radius 2 is 1.95 bits per heavy atom. The Morgan fingerprint density at radius 1 is 1.13 bits per heavy atom. The molecule has 2 saturated heterocycles. The number of hydrogen-bond donors (Lipinski definition) is 2. The van der Waals surface area contributed by atoms with Gasteiger partial charge in [0.15, 0.2) is 0 Å². The third kappa shape index (κ3) is 5.27. The number of aromatic nitrogens is 2. The predicted octanol–water partition coefficient (Wildman–Crippen LogP) is 3.72. The molecule has 3 amide bonds. The number of pyridine rings is 1. The first-order valence-electron chi connectivity index (χ1n) is 13.8. The monoisotopic (exact) mass is 546 g/mol. The Bertz CT molecular complexity index is 1430. The number of thiazole rings is 1. The van der Waals surface area contributed by atoms with Crippen LogP contribution in [0.15, 0.2) is 30.5 Å². The molecule has 6 rings (SSSR count). The number of anilines is 1. The summed E-state index contributed by atoms with van der Waals surface area (Å²) in [4.78, 5) is 52.2. The first-order valence-corrected chi connectivity index (χ1v) is 14.7. The molecule has 204 valence electrons. The van der Waals surface area contributed by atoms with E-state index in [9.17, 15) is 14.4 Å². The molecule has 0 aliphatic carbocycles. The Balaban J connectivity index is 1.21. The van der Waals surface area contributed by atoms with Gasteiger partial charge in [-0.1, -0.05) is 13.0 Å². The van der Waals surface area contributed by atoms with Crippen LogP contribution in [0.2, 0.25) is 0 Å². The van der Waals surface area contributed by atoms with Gasteiger partial charge in [-0.05, 0) is 75.5 Å². The fourth-order valence-electron chi connectivity index (χ4n) is 5.99. The van der Waals surface area contributed by atoms with E-state index in [1.807, 2.05) is 0 Å². The summed E-state index contributed by atoms with van der Waals surface area (Å²) < 4.78 is 1.16. The third-order valence-electron chi connectivity index (χ3n) is 8.27. The van der Waals surface area contributed by atoms with E-state index in [4.69, 9.17) is 4.98 Å². The van der Waals surface area contributed by atoms with Crippen LogP contribution in [0.25, 0.3) is 10.2 Å². The molecule has 0 unspecified atom stereocenters. The quantitative estimate of drug-likeness (QED) is 0.485. The summed E-state index contributed by atoms with van der Waals surface area (Å²) >= 11 is 1.78. The number of likely N-dealkylation sites (tertiary alicyclic amines) is 2. The number of benzene rings is 1. The van der Waals surface area contributed by atoms with Crippen molar-refractivity contribution in [2.75, 3.05) is 38.5 Å².